The third kappa shape index (κ3) is 4.03. The van der Waals surface area contributed by atoms with Gasteiger partial charge in [0.25, 0.3) is 0 Å². The summed E-state index contributed by atoms with van der Waals surface area (Å²) in [4.78, 5) is 0.768. The van der Waals surface area contributed by atoms with Gasteiger partial charge in [-0.05, 0) is 31.2 Å². The van der Waals surface area contributed by atoms with Gasteiger partial charge in [-0.1, -0.05) is 41.7 Å². The number of rotatable bonds is 6. The average molecular weight is 344 g/mol. The third-order valence-electron chi connectivity index (χ3n) is 3.14. The van der Waals surface area contributed by atoms with Crippen molar-refractivity contribution in [3.05, 3.63) is 59.6 Å². The van der Waals surface area contributed by atoms with Crippen LogP contribution >= 0.6 is 11.3 Å². The number of hydrogen-bond donors (Lipinski definition) is 0. The van der Waals surface area contributed by atoms with E-state index >= 15 is 0 Å². The van der Waals surface area contributed by atoms with E-state index in [1.807, 2.05) is 61.5 Å². The molecule has 0 aliphatic carbocycles. The van der Waals surface area contributed by atoms with Crippen LogP contribution in [-0.2, 0) is 16.6 Å². The minimum atomic E-state index is -1.14. The van der Waals surface area contributed by atoms with E-state index in [9.17, 15) is 4.21 Å². The first kappa shape index (κ1) is 15.8. The predicted octanol–water partition coefficient (Wildman–Crippen LogP) is 3.91. The molecule has 118 valence electrons. The van der Waals surface area contributed by atoms with E-state index in [4.69, 9.17) is 4.74 Å². The molecule has 0 aliphatic heterocycles. The second-order valence-electron chi connectivity index (χ2n) is 4.76. The summed E-state index contributed by atoms with van der Waals surface area (Å²) >= 11 is 1.48. The number of nitrogens with zero attached hydrogens (tertiary/aromatic N) is 2. The summed E-state index contributed by atoms with van der Waals surface area (Å²) < 4.78 is 17.8. The number of benzene rings is 2. The third-order valence-corrected chi connectivity index (χ3v) is 5.63. The highest BCUT2D eigenvalue weighted by Crippen LogP contribution is 2.25. The maximum atomic E-state index is 12.4. The predicted molar refractivity (Wildman–Crippen MR) is 93.1 cm³/mol. The Bertz CT molecular complexity index is 786. The van der Waals surface area contributed by atoms with Gasteiger partial charge < -0.3 is 4.74 Å². The lowest BCUT2D eigenvalue weighted by Crippen LogP contribution is -1.97. The van der Waals surface area contributed by atoms with E-state index < -0.39 is 10.8 Å². The molecule has 1 aromatic heterocycles. The molecule has 3 aromatic rings. The summed E-state index contributed by atoms with van der Waals surface area (Å²) in [6, 6.07) is 17.2. The summed E-state index contributed by atoms with van der Waals surface area (Å²) in [6.07, 6.45) is 0. The molecule has 0 amide bonds. The average Bonchev–Trinajstić information content (AvgIpc) is 3.05. The molecule has 0 unspecified atom stereocenters. The van der Waals surface area contributed by atoms with Crippen LogP contribution in [0.5, 0.6) is 5.75 Å². The van der Waals surface area contributed by atoms with Crippen molar-refractivity contribution in [3.63, 3.8) is 0 Å². The van der Waals surface area contributed by atoms with E-state index in [1.165, 1.54) is 11.3 Å². The summed E-state index contributed by atoms with van der Waals surface area (Å²) in [5.74, 6) is 1.16. The van der Waals surface area contributed by atoms with Crippen LogP contribution in [0.15, 0.2) is 59.5 Å². The molecule has 2 aromatic carbocycles. The second-order valence-corrected chi connectivity index (χ2v) is 7.27. The maximum absolute atomic E-state index is 12.4. The normalized spacial score (nSPS) is 12.0. The number of ether oxygens (including phenoxy) is 1. The zero-order valence-electron chi connectivity index (χ0n) is 12.6. The maximum Gasteiger partial charge on any atom is 0.147 e. The van der Waals surface area contributed by atoms with Crippen LogP contribution in [0.4, 0.5) is 0 Å². The Hall–Kier alpha value is -2.05. The Morgan fingerprint density at radius 1 is 1.04 bits per heavy atom. The largest absolute Gasteiger partial charge is 0.494 e. The molecular weight excluding hydrogens is 328 g/mol. The smallest absolute Gasteiger partial charge is 0.147 e. The van der Waals surface area contributed by atoms with Crippen molar-refractivity contribution in [2.45, 2.75) is 17.6 Å². The topological polar surface area (TPSA) is 52.1 Å². The summed E-state index contributed by atoms with van der Waals surface area (Å²) in [6.45, 7) is 2.56. The fraction of sp³-hybridized carbons (Fsp3) is 0.176. The van der Waals surface area contributed by atoms with Gasteiger partial charge in [0.15, 0.2) is 0 Å². The monoisotopic (exact) mass is 344 g/mol. The first-order valence-electron chi connectivity index (χ1n) is 7.25. The minimum absolute atomic E-state index is 0.373. The SMILES string of the molecule is CCOc1ccc([S@](=O)Cc2nnc(-c3ccccc3)s2)cc1. The quantitative estimate of drug-likeness (QED) is 0.680. The van der Waals surface area contributed by atoms with Crippen LogP contribution in [0.3, 0.4) is 0 Å². The lowest BCUT2D eigenvalue weighted by Gasteiger charge is -2.04. The van der Waals surface area contributed by atoms with Crippen molar-refractivity contribution in [3.8, 4) is 16.3 Å². The van der Waals surface area contributed by atoms with Crippen LogP contribution in [0, 0.1) is 0 Å². The minimum Gasteiger partial charge on any atom is -0.494 e. The molecule has 0 N–H and O–H groups in total. The molecule has 0 bridgehead atoms. The lowest BCUT2D eigenvalue weighted by atomic mass is 10.2. The molecule has 4 nitrogen and oxygen atoms in total. The summed E-state index contributed by atoms with van der Waals surface area (Å²) in [7, 11) is -1.14. The van der Waals surface area contributed by atoms with E-state index in [1.54, 1.807) is 0 Å². The molecule has 1 atom stereocenters. The molecule has 0 spiro atoms. The van der Waals surface area contributed by atoms with E-state index in [0.717, 1.165) is 26.2 Å². The van der Waals surface area contributed by atoms with Crippen molar-refractivity contribution in [2.24, 2.45) is 0 Å². The van der Waals surface area contributed by atoms with Crippen LogP contribution in [-0.4, -0.2) is 21.0 Å². The van der Waals surface area contributed by atoms with Crippen molar-refractivity contribution in [2.75, 3.05) is 6.61 Å². The lowest BCUT2D eigenvalue weighted by molar-refractivity contribution is 0.340. The zero-order valence-corrected chi connectivity index (χ0v) is 14.3. The highest BCUT2D eigenvalue weighted by atomic mass is 32.2. The van der Waals surface area contributed by atoms with E-state index in [-0.39, 0.29) is 0 Å². The van der Waals surface area contributed by atoms with Crippen molar-refractivity contribution in [1.82, 2.24) is 10.2 Å². The molecule has 0 fully saturated rings. The van der Waals surface area contributed by atoms with Crippen molar-refractivity contribution in [1.29, 1.82) is 0 Å². The Morgan fingerprint density at radius 2 is 1.78 bits per heavy atom. The van der Waals surface area contributed by atoms with Gasteiger partial charge in [0.2, 0.25) is 0 Å². The van der Waals surface area contributed by atoms with Gasteiger partial charge in [-0.3, -0.25) is 4.21 Å². The Labute approximate surface area is 141 Å². The Balaban J connectivity index is 1.69. The highest BCUT2D eigenvalue weighted by molar-refractivity contribution is 7.84. The zero-order chi connectivity index (χ0) is 16.1. The van der Waals surface area contributed by atoms with Gasteiger partial charge in [-0.2, -0.15) is 0 Å². The second kappa shape index (κ2) is 7.48. The molecule has 0 radical (unpaired) electrons. The first-order valence-corrected chi connectivity index (χ1v) is 9.39. The van der Waals surface area contributed by atoms with E-state index in [0.29, 0.717) is 12.4 Å². The van der Waals surface area contributed by atoms with E-state index in [2.05, 4.69) is 10.2 Å². The van der Waals surface area contributed by atoms with Crippen LogP contribution < -0.4 is 4.74 Å². The van der Waals surface area contributed by atoms with Gasteiger partial charge in [0, 0.05) is 10.5 Å². The molecule has 1 heterocycles. The van der Waals surface area contributed by atoms with Gasteiger partial charge in [-0.15, -0.1) is 10.2 Å². The number of aromatic nitrogens is 2. The van der Waals surface area contributed by atoms with Crippen LogP contribution in [0.1, 0.15) is 11.9 Å². The fourth-order valence-corrected chi connectivity index (χ4v) is 4.14. The summed E-state index contributed by atoms with van der Waals surface area (Å²) in [5, 5.41) is 9.97. The van der Waals surface area contributed by atoms with Crippen molar-refractivity contribution < 1.29 is 8.95 Å². The van der Waals surface area contributed by atoms with Crippen LogP contribution in [0.2, 0.25) is 0 Å². The fourth-order valence-electron chi connectivity index (χ4n) is 2.06. The van der Waals surface area contributed by atoms with Gasteiger partial charge >= 0.3 is 0 Å². The Morgan fingerprint density at radius 3 is 2.48 bits per heavy atom. The van der Waals surface area contributed by atoms with Crippen LogP contribution in [0.25, 0.3) is 10.6 Å². The van der Waals surface area contributed by atoms with Gasteiger partial charge in [0.1, 0.15) is 15.8 Å². The molecule has 0 saturated carbocycles. The standard InChI is InChI=1S/C17H16N2O2S2/c1-2-21-14-8-10-15(11-9-14)23(20)12-16-18-19-17(22-16)13-6-4-3-5-7-13/h3-11H,2,12H2,1H3/t23-/m1/s1. The van der Waals surface area contributed by atoms with Gasteiger partial charge in [-0.25, -0.2) is 0 Å². The summed E-state index contributed by atoms with van der Waals surface area (Å²) in [5.41, 5.74) is 1.03. The highest BCUT2D eigenvalue weighted by Gasteiger charge is 2.11. The Kier molecular flexibility index (Phi) is 5.15. The van der Waals surface area contributed by atoms with Gasteiger partial charge in [0.05, 0.1) is 23.2 Å². The molecule has 6 heteroatoms. The molecular formula is C17H16N2O2S2. The van der Waals surface area contributed by atoms with Crippen molar-refractivity contribution >= 4 is 22.1 Å². The number of hydrogen-bond acceptors (Lipinski definition) is 5. The molecule has 0 saturated heterocycles. The first-order chi connectivity index (χ1) is 11.3. The molecule has 0 aliphatic rings. The molecule has 3 rings (SSSR count). The molecule has 23 heavy (non-hydrogen) atoms.